The monoisotopic (exact) mass is 164 g/mol. The number of likely N-dealkylation sites (N-methyl/N-ethyl adjacent to an activating group) is 1. The van der Waals surface area contributed by atoms with E-state index in [1.54, 1.807) is 0 Å². The summed E-state index contributed by atoms with van der Waals surface area (Å²) in [6, 6.07) is 8.55. The fourth-order valence-electron chi connectivity index (χ4n) is 1.11. The molecule has 0 bridgehead atoms. The van der Waals surface area contributed by atoms with Crippen LogP contribution >= 0.6 is 0 Å². The zero-order valence-electron chi connectivity index (χ0n) is 7.67. The molecule has 1 rings (SSSR count). The minimum Gasteiger partial charge on any atom is -0.399 e. The first-order chi connectivity index (χ1) is 5.72. The maximum Gasteiger partial charge on any atom is 0.0314 e. The van der Waals surface area contributed by atoms with Crippen molar-refractivity contribution in [3.8, 4) is 0 Å². The molecule has 0 amide bonds. The van der Waals surface area contributed by atoms with E-state index in [1.165, 1.54) is 5.56 Å². The van der Waals surface area contributed by atoms with E-state index in [1.807, 2.05) is 19.2 Å². The Morgan fingerprint density at radius 3 is 2.42 bits per heavy atom. The molecule has 2 nitrogen and oxygen atoms in total. The van der Waals surface area contributed by atoms with Crippen LogP contribution in [0.15, 0.2) is 24.3 Å². The molecule has 0 saturated carbocycles. The van der Waals surface area contributed by atoms with Crippen molar-refractivity contribution < 1.29 is 0 Å². The minimum atomic E-state index is 0.522. The Morgan fingerprint density at radius 1 is 1.33 bits per heavy atom. The molecule has 2 heteroatoms. The molecule has 0 aliphatic carbocycles. The number of nitrogens with one attached hydrogen (secondary N) is 1. The van der Waals surface area contributed by atoms with E-state index in [9.17, 15) is 0 Å². The molecule has 3 N–H and O–H groups in total. The van der Waals surface area contributed by atoms with Gasteiger partial charge in [-0.05, 0) is 38.1 Å². The number of hydrogen-bond donors (Lipinski definition) is 2. The van der Waals surface area contributed by atoms with Crippen molar-refractivity contribution in [2.45, 2.75) is 19.4 Å². The zero-order valence-corrected chi connectivity index (χ0v) is 7.67. The lowest BCUT2D eigenvalue weighted by atomic mass is 10.1. The van der Waals surface area contributed by atoms with Crippen LogP contribution in [0.4, 0.5) is 5.69 Å². The van der Waals surface area contributed by atoms with Crippen molar-refractivity contribution in [2.75, 3.05) is 12.8 Å². The molecule has 0 aliphatic rings. The Kier molecular flexibility index (Phi) is 3.11. The summed E-state index contributed by atoms with van der Waals surface area (Å²) in [5, 5.41) is 3.20. The topological polar surface area (TPSA) is 38.0 Å². The fraction of sp³-hybridized carbons (Fsp3) is 0.400. The van der Waals surface area contributed by atoms with Gasteiger partial charge >= 0.3 is 0 Å². The van der Waals surface area contributed by atoms with E-state index < -0.39 is 0 Å². The van der Waals surface area contributed by atoms with Crippen molar-refractivity contribution in [3.63, 3.8) is 0 Å². The molecule has 0 aliphatic heterocycles. The molecule has 0 saturated heterocycles. The largest absolute Gasteiger partial charge is 0.399 e. The molecular formula is C10H16N2. The Bertz CT molecular complexity index is 228. The standard InChI is InChI=1S/C10H16N2/c1-8(12-2)7-9-3-5-10(11)6-4-9/h3-6,8,12H,7,11H2,1-2H3/t8-/m1/s1. The summed E-state index contributed by atoms with van der Waals surface area (Å²) in [6.07, 6.45) is 1.05. The number of rotatable bonds is 3. The van der Waals surface area contributed by atoms with Gasteiger partial charge in [0.15, 0.2) is 0 Å². The van der Waals surface area contributed by atoms with Crippen molar-refractivity contribution in [2.24, 2.45) is 0 Å². The van der Waals surface area contributed by atoms with Gasteiger partial charge in [-0.3, -0.25) is 0 Å². The summed E-state index contributed by atoms with van der Waals surface area (Å²) in [4.78, 5) is 0. The van der Waals surface area contributed by atoms with Gasteiger partial charge < -0.3 is 11.1 Å². The summed E-state index contributed by atoms with van der Waals surface area (Å²) >= 11 is 0. The zero-order chi connectivity index (χ0) is 8.97. The van der Waals surface area contributed by atoms with E-state index in [0.29, 0.717) is 6.04 Å². The molecule has 0 aromatic heterocycles. The summed E-state index contributed by atoms with van der Waals surface area (Å²) in [6.45, 7) is 2.16. The predicted octanol–water partition coefficient (Wildman–Crippen LogP) is 1.42. The van der Waals surface area contributed by atoms with Crippen LogP contribution in [0.3, 0.4) is 0 Å². The molecule has 0 spiro atoms. The van der Waals surface area contributed by atoms with Gasteiger partial charge in [0.05, 0.1) is 0 Å². The highest BCUT2D eigenvalue weighted by atomic mass is 14.8. The van der Waals surface area contributed by atoms with Crippen LogP contribution in [0, 0.1) is 0 Å². The second-order valence-electron chi connectivity index (χ2n) is 3.14. The van der Waals surface area contributed by atoms with Crippen LogP contribution < -0.4 is 11.1 Å². The van der Waals surface area contributed by atoms with Crippen LogP contribution in [-0.2, 0) is 6.42 Å². The van der Waals surface area contributed by atoms with E-state index >= 15 is 0 Å². The smallest absolute Gasteiger partial charge is 0.0314 e. The van der Waals surface area contributed by atoms with Gasteiger partial charge in [-0.1, -0.05) is 12.1 Å². The maximum atomic E-state index is 5.57. The number of nitrogen functional groups attached to an aromatic ring is 1. The number of nitrogens with two attached hydrogens (primary N) is 1. The summed E-state index contributed by atoms with van der Waals surface area (Å²) in [7, 11) is 1.97. The minimum absolute atomic E-state index is 0.522. The summed E-state index contributed by atoms with van der Waals surface area (Å²) in [5.74, 6) is 0. The number of benzene rings is 1. The highest BCUT2D eigenvalue weighted by Crippen LogP contribution is 2.07. The van der Waals surface area contributed by atoms with Gasteiger partial charge in [0.2, 0.25) is 0 Å². The Labute approximate surface area is 73.8 Å². The van der Waals surface area contributed by atoms with Gasteiger partial charge in [0.25, 0.3) is 0 Å². The summed E-state index contributed by atoms with van der Waals surface area (Å²) in [5.41, 5.74) is 7.73. The van der Waals surface area contributed by atoms with Crippen LogP contribution in [0.2, 0.25) is 0 Å². The average Bonchev–Trinajstić information content (AvgIpc) is 2.09. The van der Waals surface area contributed by atoms with Crippen LogP contribution in [0.25, 0.3) is 0 Å². The van der Waals surface area contributed by atoms with Crippen LogP contribution in [0.5, 0.6) is 0 Å². The maximum absolute atomic E-state index is 5.57. The van der Waals surface area contributed by atoms with Crippen molar-refractivity contribution in [1.29, 1.82) is 0 Å². The van der Waals surface area contributed by atoms with Crippen LogP contribution in [0.1, 0.15) is 12.5 Å². The third kappa shape index (κ3) is 2.55. The molecule has 66 valence electrons. The predicted molar refractivity (Wildman–Crippen MR) is 53.1 cm³/mol. The van der Waals surface area contributed by atoms with Gasteiger partial charge in [-0.25, -0.2) is 0 Å². The Morgan fingerprint density at radius 2 is 1.92 bits per heavy atom. The molecule has 0 radical (unpaired) electrons. The first-order valence-corrected chi connectivity index (χ1v) is 4.24. The third-order valence-electron chi connectivity index (χ3n) is 2.01. The van der Waals surface area contributed by atoms with Gasteiger partial charge in [-0.2, -0.15) is 0 Å². The highest BCUT2D eigenvalue weighted by Gasteiger charge is 1.98. The SMILES string of the molecule is CN[C@H](C)Cc1ccc(N)cc1. The lowest BCUT2D eigenvalue weighted by molar-refractivity contribution is 0.608. The van der Waals surface area contributed by atoms with Crippen LogP contribution in [-0.4, -0.2) is 13.1 Å². The van der Waals surface area contributed by atoms with Gasteiger partial charge in [-0.15, -0.1) is 0 Å². The Hall–Kier alpha value is -1.02. The van der Waals surface area contributed by atoms with Crippen molar-refractivity contribution >= 4 is 5.69 Å². The second kappa shape index (κ2) is 4.12. The van der Waals surface area contributed by atoms with E-state index in [0.717, 1.165) is 12.1 Å². The molecule has 1 aromatic carbocycles. The lowest BCUT2D eigenvalue weighted by Crippen LogP contribution is -2.23. The molecular weight excluding hydrogens is 148 g/mol. The van der Waals surface area contributed by atoms with Crippen molar-refractivity contribution in [1.82, 2.24) is 5.32 Å². The van der Waals surface area contributed by atoms with Crippen molar-refractivity contribution in [3.05, 3.63) is 29.8 Å². The summed E-state index contributed by atoms with van der Waals surface area (Å²) < 4.78 is 0. The molecule has 12 heavy (non-hydrogen) atoms. The third-order valence-corrected chi connectivity index (χ3v) is 2.01. The number of anilines is 1. The second-order valence-corrected chi connectivity index (χ2v) is 3.14. The van der Waals surface area contributed by atoms with E-state index in [2.05, 4.69) is 24.4 Å². The fourth-order valence-corrected chi connectivity index (χ4v) is 1.11. The van der Waals surface area contributed by atoms with E-state index in [4.69, 9.17) is 5.73 Å². The molecule has 0 unspecified atom stereocenters. The quantitative estimate of drug-likeness (QED) is 0.663. The first-order valence-electron chi connectivity index (χ1n) is 4.24. The van der Waals surface area contributed by atoms with Gasteiger partial charge in [0, 0.05) is 11.7 Å². The number of hydrogen-bond acceptors (Lipinski definition) is 2. The molecule has 0 heterocycles. The Balaban J connectivity index is 2.58. The van der Waals surface area contributed by atoms with E-state index in [-0.39, 0.29) is 0 Å². The average molecular weight is 164 g/mol. The molecule has 0 fully saturated rings. The van der Waals surface area contributed by atoms with Gasteiger partial charge in [0.1, 0.15) is 0 Å². The normalized spacial score (nSPS) is 12.8. The molecule has 1 aromatic rings. The first kappa shape index (κ1) is 9.07. The lowest BCUT2D eigenvalue weighted by Gasteiger charge is -2.09. The molecule has 1 atom stereocenters. The highest BCUT2D eigenvalue weighted by molar-refractivity contribution is 5.39.